The van der Waals surface area contributed by atoms with Crippen molar-refractivity contribution in [2.45, 2.75) is 19.8 Å². The number of ether oxygens (including phenoxy) is 1. The molecular formula is C17H22N2O2. The van der Waals surface area contributed by atoms with Crippen LogP contribution < -0.4 is 10.5 Å². The Balaban J connectivity index is 2.23. The molecule has 1 aliphatic rings. The van der Waals surface area contributed by atoms with Crippen LogP contribution in [-0.4, -0.2) is 37.6 Å². The van der Waals surface area contributed by atoms with Crippen molar-refractivity contribution in [1.29, 1.82) is 0 Å². The molecule has 1 amide bonds. The molecule has 1 aromatic rings. The number of hydrogen-bond acceptors (Lipinski definition) is 3. The fraction of sp³-hybridized carbons (Fsp3) is 0.471. The molecule has 0 saturated heterocycles. The number of carbonyl (C=O) groups is 1. The molecule has 4 heteroatoms. The molecule has 0 heterocycles. The first-order valence-corrected chi connectivity index (χ1v) is 7.35. The summed E-state index contributed by atoms with van der Waals surface area (Å²) >= 11 is 0. The molecule has 0 aliphatic heterocycles. The van der Waals surface area contributed by atoms with E-state index < -0.39 is 0 Å². The second-order valence-corrected chi connectivity index (χ2v) is 5.21. The van der Waals surface area contributed by atoms with E-state index in [1.165, 1.54) is 12.8 Å². The molecule has 21 heavy (non-hydrogen) atoms. The maximum atomic E-state index is 12.6. The van der Waals surface area contributed by atoms with E-state index in [1.54, 1.807) is 25.3 Å². The first-order chi connectivity index (χ1) is 10.2. The smallest absolute Gasteiger partial charge is 0.253 e. The quantitative estimate of drug-likeness (QED) is 0.841. The Hall–Kier alpha value is -1.99. The zero-order valence-electron chi connectivity index (χ0n) is 12.7. The number of hydrogen-bond donors (Lipinski definition) is 1. The summed E-state index contributed by atoms with van der Waals surface area (Å²) in [6, 6.07) is 5.38. The summed E-state index contributed by atoms with van der Waals surface area (Å²) in [5, 5.41) is 0. The summed E-state index contributed by atoms with van der Waals surface area (Å²) in [7, 11) is 1.59. The van der Waals surface area contributed by atoms with Gasteiger partial charge in [0.15, 0.2) is 0 Å². The van der Waals surface area contributed by atoms with Gasteiger partial charge in [0, 0.05) is 18.7 Å². The van der Waals surface area contributed by atoms with Gasteiger partial charge in [-0.05, 0) is 43.9 Å². The van der Waals surface area contributed by atoms with Gasteiger partial charge in [-0.25, -0.2) is 0 Å². The first kappa shape index (κ1) is 15.4. The van der Waals surface area contributed by atoms with Crippen LogP contribution >= 0.6 is 0 Å². The third kappa shape index (κ3) is 3.99. The standard InChI is InChI=1S/C17H22N2O2/c1-3-19(12-13-6-7-13)17(20)15-8-9-16(21-2)14(11-15)5-4-10-18/h8-9,11,13H,3,6-7,10,12,18H2,1-2H3. The second-order valence-electron chi connectivity index (χ2n) is 5.21. The summed E-state index contributed by atoms with van der Waals surface area (Å²) in [6.07, 6.45) is 2.47. The molecule has 1 aliphatic carbocycles. The van der Waals surface area contributed by atoms with E-state index in [2.05, 4.69) is 11.8 Å². The van der Waals surface area contributed by atoms with Crippen molar-refractivity contribution in [3.63, 3.8) is 0 Å². The number of methoxy groups -OCH3 is 1. The molecule has 4 nitrogen and oxygen atoms in total. The Bertz CT molecular complexity index is 568. The molecule has 0 aromatic heterocycles. The van der Waals surface area contributed by atoms with Gasteiger partial charge in [0.05, 0.1) is 19.2 Å². The highest BCUT2D eigenvalue weighted by atomic mass is 16.5. The summed E-state index contributed by atoms with van der Waals surface area (Å²) in [4.78, 5) is 14.5. The van der Waals surface area contributed by atoms with Gasteiger partial charge in [-0.3, -0.25) is 4.79 Å². The van der Waals surface area contributed by atoms with E-state index in [0.717, 1.165) is 13.1 Å². The van der Waals surface area contributed by atoms with Gasteiger partial charge in [0.25, 0.3) is 5.91 Å². The predicted molar refractivity (Wildman–Crippen MR) is 83.2 cm³/mol. The monoisotopic (exact) mass is 286 g/mol. The SMILES string of the molecule is CCN(CC1CC1)C(=O)c1ccc(OC)c(C#CCN)c1. The maximum Gasteiger partial charge on any atom is 0.253 e. The summed E-state index contributed by atoms with van der Waals surface area (Å²) < 4.78 is 5.27. The Morgan fingerprint density at radius 1 is 1.48 bits per heavy atom. The molecule has 2 N–H and O–H groups in total. The van der Waals surface area contributed by atoms with Crippen molar-refractivity contribution in [3.8, 4) is 17.6 Å². The van der Waals surface area contributed by atoms with Gasteiger partial charge in [0.2, 0.25) is 0 Å². The molecule has 0 atom stereocenters. The van der Waals surface area contributed by atoms with Crippen LogP contribution in [0.1, 0.15) is 35.7 Å². The lowest BCUT2D eigenvalue weighted by molar-refractivity contribution is 0.0757. The number of amides is 1. The Kier molecular flexibility index (Phi) is 5.24. The molecule has 112 valence electrons. The highest BCUT2D eigenvalue weighted by molar-refractivity contribution is 5.95. The molecule has 0 bridgehead atoms. The fourth-order valence-corrected chi connectivity index (χ4v) is 2.24. The zero-order chi connectivity index (χ0) is 15.2. The van der Waals surface area contributed by atoms with Gasteiger partial charge < -0.3 is 15.4 Å². The van der Waals surface area contributed by atoms with E-state index in [-0.39, 0.29) is 12.5 Å². The first-order valence-electron chi connectivity index (χ1n) is 7.35. The van der Waals surface area contributed by atoms with Gasteiger partial charge in [-0.1, -0.05) is 11.8 Å². The summed E-state index contributed by atoms with van der Waals surface area (Å²) in [5.41, 5.74) is 6.76. The lowest BCUT2D eigenvalue weighted by Crippen LogP contribution is -2.32. The molecule has 0 radical (unpaired) electrons. The van der Waals surface area contributed by atoms with Crippen LogP contribution in [-0.2, 0) is 0 Å². The lowest BCUT2D eigenvalue weighted by Gasteiger charge is -2.21. The van der Waals surface area contributed by atoms with Gasteiger partial charge in [0.1, 0.15) is 5.75 Å². The normalized spacial score (nSPS) is 13.3. The molecule has 1 fully saturated rings. The van der Waals surface area contributed by atoms with Gasteiger partial charge in [-0.2, -0.15) is 0 Å². The molecule has 1 saturated carbocycles. The van der Waals surface area contributed by atoms with Crippen LogP contribution in [0.15, 0.2) is 18.2 Å². The van der Waals surface area contributed by atoms with E-state index in [9.17, 15) is 4.79 Å². The number of rotatable bonds is 5. The van der Waals surface area contributed by atoms with Crippen molar-refractivity contribution in [1.82, 2.24) is 4.90 Å². The van der Waals surface area contributed by atoms with Crippen LogP contribution in [0.3, 0.4) is 0 Å². The van der Waals surface area contributed by atoms with Gasteiger partial charge in [-0.15, -0.1) is 0 Å². The van der Waals surface area contributed by atoms with Crippen LogP contribution in [0.5, 0.6) is 5.75 Å². The minimum absolute atomic E-state index is 0.0582. The van der Waals surface area contributed by atoms with E-state index in [1.807, 2.05) is 11.8 Å². The third-order valence-corrected chi connectivity index (χ3v) is 3.62. The molecule has 0 spiro atoms. The van der Waals surface area contributed by atoms with Crippen molar-refractivity contribution in [2.75, 3.05) is 26.7 Å². The largest absolute Gasteiger partial charge is 0.495 e. The number of benzene rings is 1. The van der Waals surface area contributed by atoms with Crippen molar-refractivity contribution < 1.29 is 9.53 Å². The lowest BCUT2D eigenvalue weighted by atomic mass is 10.1. The Morgan fingerprint density at radius 3 is 2.81 bits per heavy atom. The Morgan fingerprint density at radius 2 is 2.24 bits per heavy atom. The highest BCUT2D eigenvalue weighted by Crippen LogP contribution is 2.30. The topological polar surface area (TPSA) is 55.6 Å². The molecule has 2 rings (SSSR count). The summed E-state index contributed by atoms with van der Waals surface area (Å²) in [6.45, 7) is 3.87. The minimum Gasteiger partial charge on any atom is -0.495 e. The van der Waals surface area contributed by atoms with E-state index in [0.29, 0.717) is 22.8 Å². The van der Waals surface area contributed by atoms with Crippen molar-refractivity contribution >= 4 is 5.91 Å². The minimum atomic E-state index is 0.0582. The molecule has 0 unspecified atom stereocenters. The molecular weight excluding hydrogens is 264 g/mol. The Labute approximate surface area is 126 Å². The third-order valence-electron chi connectivity index (χ3n) is 3.62. The highest BCUT2D eigenvalue weighted by Gasteiger charge is 2.26. The van der Waals surface area contributed by atoms with Crippen LogP contribution in [0.25, 0.3) is 0 Å². The van der Waals surface area contributed by atoms with Crippen LogP contribution in [0, 0.1) is 17.8 Å². The van der Waals surface area contributed by atoms with E-state index >= 15 is 0 Å². The van der Waals surface area contributed by atoms with Gasteiger partial charge >= 0.3 is 0 Å². The average Bonchev–Trinajstić information content (AvgIpc) is 3.33. The zero-order valence-corrected chi connectivity index (χ0v) is 12.7. The van der Waals surface area contributed by atoms with Crippen LogP contribution in [0.4, 0.5) is 0 Å². The number of carbonyl (C=O) groups excluding carboxylic acids is 1. The van der Waals surface area contributed by atoms with Crippen LogP contribution in [0.2, 0.25) is 0 Å². The predicted octanol–water partition coefficient (Wildman–Crippen LogP) is 1.88. The fourth-order valence-electron chi connectivity index (χ4n) is 2.24. The van der Waals surface area contributed by atoms with Crippen molar-refractivity contribution in [3.05, 3.63) is 29.3 Å². The number of nitrogens with zero attached hydrogens (tertiary/aromatic N) is 1. The number of nitrogens with two attached hydrogens (primary N) is 1. The van der Waals surface area contributed by atoms with Crippen molar-refractivity contribution in [2.24, 2.45) is 11.7 Å². The molecule has 1 aromatic carbocycles. The van der Waals surface area contributed by atoms with E-state index in [4.69, 9.17) is 10.5 Å². The summed E-state index contributed by atoms with van der Waals surface area (Å²) in [5.74, 6) is 7.17. The maximum absolute atomic E-state index is 12.6. The second kappa shape index (κ2) is 7.14. The average molecular weight is 286 g/mol.